The number of imidazole rings is 1. The second-order valence-corrected chi connectivity index (χ2v) is 5.37. The summed E-state index contributed by atoms with van der Waals surface area (Å²) in [5, 5.41) is 3.61. The molecule has 2 heterocycles. The standard InChI is InChI=1S/C15H11Cl2N3O2/c16-10-1-3-13(12(17)7-10)22-9-15(21)19-11-2-4-14-18-5-6-20(14)8-11/h1-8H,9H2,(H,19,21). The van der Waals surface area contributed by atoms with E-state index in [1.807, 2.05) is 10.5 Å². The lowest BCUT2D eigenvalue weighted by Gasteiger charge is -2.09. The number of benzene rings is 1. The number of nitrogens with zero attached hydrogens (tertiary/aromatic N) is 2. The minimum atomic E-state index is -0.287. The summed E-state index contributed by atoms with van der Waals surface area (Å²) in [5.74, 6) is 0.122. The first-order valence-corrected chi connectivity index (χ1v) is 7.18. The molecule has 5 nitrogen and oxygen atoms in total. The van der Waals surface area contributed by atoms with Crippen molar-refractivity contribution < 1.29 is 9.53 Å². The van der Waals surface area contributed by atoms with Crippen molar-refractivity contribution in [3.05, 3.63) is 59.0 Å². The third-order valence-corrected chi connectivity index (χ3v) is 3.46. The highest BCUT2D eigenvalue weighted by Gasteiger charge is 2.07. The maximum atomic E-state index is 11.9. The molecule has 0 aliphatic rings. The first-order chi connectivity index (χ1) is 10.6. The Balaban J connectivity index is 1.62. The monoisotopic (exact) mass is 335 g/mol. The van der Waals surface area contributed by atoms with E-state index in [4.69, 9.17) is 27.9 Å². The van der Waals surface area contributed by atoms with Crippen LogP contribution >= 0.6 is 23.2 Å². The van der Waals surface area contributed by atoms with Gasteiger partial charge in [0.05, 0.1) is 10.7 Å². The summed E-state index contributed by atoms with van der Waals surface area (Å²) in [4.78, 5) is 16.0. The predicted molar refractivity (Wildman–Crippen MR) is 85.8 cm³/mol. The predicted octanol–water partition coefficient (Wildman–Crippen LogP) is 3.66. The molecule has 0 aliphatic heterocycles. The molecule has 0 fully saturated rings. The molecule has 7 heteroatoms. The molecule has 1 aromatic carbocycles. The molecule has 0 bridgehead atoms. The molecule has 0 saturated carbocycles. The van der Waals surface area contributed by atoms with Crippen LogP contribution in [0, 0.1) is 0 Å². The lowest BCUT2D eigenvalue weighted by molar-refractivity contribution is -0.118. The second-order valence-electron chi connectivity index (χ2n) is 4.52. The minimum Gasteiger partial charge on any atom is -0.482 e. The number of carbonyl (C=O) groups excluding carboxylic acids is 1. The summed E-state index contributed by atoms with van der Waals surface area (Å²) >= 11 is 11.8. The Bertz CT molecular complexity index is 833. The third-order valence-electron chi connectivity index (χ3n) is 2.93. The van der Waals surface area contributed by atoms with Gasteiger partial charge >= 0.3 is 0 Å². The van der Waals surface area contributed by atoms with E-state index in [1.165, 1.54) is 0 Å². The van der Waals surface area contributed by atoms with Crippen molar-refractivity contribution in [1.82, 2.24) is 9.38 Å². The molecule has 1 amide bonds. The number of halogens is 2. The van der Waals surface area contributed by atoms with Crippen LogP contribution in [0.25, 0.3) is 5.65 Å². The van der Waals surface area contributed by atoms with Crippen LogP contribution in [0.5, 0.6) is 5.75 Å². The van der Waals surface area contributed by atoms with E-state index in [1.54, 1.807) is 42.9 Å². The van der Waals surface area contributed by atoms with Gasteiger partial charge in [-0.25, -0.2) is 4.98 Å². The van der Waals surface area contributed by atoms with Gasteiger partial charge in [-0.1, -0.05) is 23.2 Å². The fourth-order valence-corrected chi connectivity index (χ4v) is 2.39. The Morgan fingerprint density at radius 1 is 1.27 bits per heavy atom. The highest BCUT2D eigenvalue weighted by Crippen LogP contribution is 2.27. The molecule has 22 heavy (non-hydrogen) atoms. The summed E-state index contributed by atoms with van der Waals surface area (Å²) < 4.78 is 7.19. The number of ether oxygens (including phenoxy) is 1. The molecule has 1 N–H and O–H groups in total. The third kappa shape index (κ3) is 3.32. The highest BCUT2D eigenvalue weighted by molar-refractivity contribution is 6.35. The van der Waals surface area contributed by atoms with Crippen LogP contribution in [0.15, 0.2) is 48.9 Å². The van der Waals surface area contributed by atoms with Gasteiger partial charge in [0.1, 0.15) is 11.4 Å². The van der Waals surface area contributed by atoms with Crippen LogP contribution in [0.3, 0.4) is 0 Å². The molecule has 2 aromatic heterocycles. The molecule has 3 aromatic rings. The number of amides is 1. The fraction of sp³-hybridized carbons (Fsp3) is 0.0667. The van der Waals surface area contributed by atoms with Crippen LogP contribution in [-0.2, 0) is 4.79 Å². The van der Waals surface area contributed by atoms with Crippen molar-refractivity contribution in [1.29, 1.82) is 0 Å². The second kappa shape index (κ2) is 6.25. The van der Waals surface area contributed by atoms with Crippen LogP contribution < -0.4 is 10.1 Å². The maximum Gasteiger partial charge on any atom is 0.262 e. The lowest BCUT2D eigenvalue weighted by atomic mass is 10.3. The number of hydrogen-bond acceptors (Lipinski definition) is 3. The fourth-order valence-electron chi connectivity index (χ4n) is 1.93. The molecule has 112 valence electrons. The van der Waals surface area contributed by atoms with Crippen molar-refractivity contribution in [2.75, 3.05) is 11.9 Å². The van der Waals surface area contributed by atoms with Gasteiger partial charge in [-0.3, -0.25) is 4.79 Å². The highest BCUT2D eigenvalue weighted by atomic mass is 35.5. The zero-order valence-corrected chi connectivity index (χ0v) is 12.8. The number of aromatic nitrogens is 2. The van der Waals surface area contributed by atoms with Crippen molar-refractivity contribution in [2.45, 2.75) is 0 Å². The quantitative estimate of drug-likeness (QED) is 0.791. The molecule has 3 rings (SSSR count). The number of carbonyl (C=O) groups is 1. The number of rotatable bonds is 4. The summed E-state index contributed by atoms with van der Waals surface area (Å²) in [5.41, 5.74) is 1.46. The van der Waals surface area contributed by atoms with Gasteiger partial charge in [0.25, 0.3) is 5.91 Å². The van der Waals surface area contributed by atoms with Gasteiger partial charge in [-0.05, 0) is 30.3 Å². The zero-order valence-electron chi connectivity index (χ0n) is 11.3. The molecule has 0 spiro atoms. The molecular formula is C15H11Cl2N3O2. The average Bonchev–Trinajstić information content (AvgIpc) is 2.94. The van der Waals surface area contributed by atoms with Gasteiger partial charge in [-0.15, -0.1) is 0 Å². The minimum absolute atomic E-state index is 0.149. The topological polar surface area (TPSA) is 55.6 Å². The van der Waals surface area contributed by atoms with Gasteiger partial charge < -0.3 is 14.5 Å². The van der Waals surface area contributed by atoms with Crippen molar-refractivity contribution in [3.63, 3.8) is 0 Å². The van der Waals surface area contributed by atoms with E-state index < -0.39 is 0 Å². The number of fused-ring (bicyclic) bond motifs is 1. The molecular weight excluding hydrogens is 325 g/mol. The van der Waals surface area contributed by atoms with E-state index in [0.717, 1.165) is 5.65 Å². The van der Waals surface area contributed by atoms with Crippen molar-refractivity contribution >= 4 is 40.4 Å². The summed E-state index contributed by atoms with van der Waals surface area (Å²) in [6.07, 6.45) is 5.26. The summed E-state index contributed by atoms with van der Waals surface area (Å²) in [7, 11) is 0. The number of nitrogens with one attached hydrogen (secondary N) is 1. The van der Waals surface area contributed by atoms with Crippen LogP contribution in [0.4, 0.5) is 5.69 Å². The number of hydrogen-bond donors (Lipinski definition) is 1. The van der Waals surface area contributed by atoms with E-state index in [9.17, 15) is 4.79 Å². The van der Waals surface area contributed by atoms with Crippen LogP contribution in [0.1, 0.15) is 0 Å². The van der Waals surface area contributed by atoms with Crippen molar-refractivity contribution in [3.8, 4) is 5.75 Å². The largest absolute Gasteiger partial charge is 0.482 e. The number of anilines is 1. The van der Waals surface area contributed by atoms with E-state index in [2.05, 4.69) is 10.3 Å². The molecule has 0 aliphatic carbocycles. The maximum absolute atomic E-state index is 11.9. The molecule has 0 atom stereocenters. The van der Waals surface area contributed by atoms with Gasteiger partial charge in [0.2, 0.25) is 0 Å². The van der Waals surface area contributed by atoms with E-state index in [0.29, 0.717) is 21.5 Å². The molecule has 0 unspecified atom stereocenters. The zero-order chi connectivity index (χ0) is 15.5. The summed E-state index contributed by atoms with van der Waals surface area (Å²) in [6.45, 7) is -0.149. The lowest BCUT2D eigenvalue weighted by Crippen LogP contribution is -2.20. The van der Waals surface area contributed by atoms with Crippen LogP contribution in [0.2, 0.25) is 10.0 Å². The average molecular weight is 336 g/mol. The Morgan fingerprint density at radius 3 is 2.95 bits per heavy atom. The summed E-state index contributed by atoms with van der Waals surface area (Å²) in [6, 6.07) is 8.41. The van der Waals surface area contributed by atoms with Gasteiger partial charge in [-0.2, -0.15) is 0 Å². The first-order valence-electron chi connectivity index (χ1n) is 6.42. The van der Waals surface area contributed by atoms with E-state index >= 15 is 0 Å². The molecule has 0 saturated heterocycles. The SMILES string of the molecule is O=C(COc1ccc(Cl)cc1Cl)Nc1ccc2nccn2c1. The first kappa shape index (κ1) is 14.7. The smallest absolute Gasteiger partial charge is 0.262 e. The molecule has 0 radical (unpaired) electrons. The van der Waals surface area contributed by atoms with Crippen molar-refractivity contribution in [2.24, 2.45) is 0 Å². The Morgan fingerprint density at radius 2 is 2.14 bits per heavy atom. The number of pyridine rings is 1. The van der Waals surface area contributed by atoms with E-state index in [-0.39, 0.29) is 12.5 Å². The normalized spacial score (nSPS) is 10.6. The Kier molecular flexibility index (Phi) is 4.18. The Labute approximate surface area is 136 Å². The van der Waals surface area contributed by atoms with Gasteiger partial charge in [0, 0.05) is 23.6 Å². The van der Waals surface area contributed by atoms with Gasteiger partial charge in [0.15, 0.2) is 6.61 Å². The Hall–Kier alpha value is -2.24. The van der Waals surface area contributed by atoms with Crippen LogP contribution in [-0.4, -0.2) is 21.9 Å².